The molecule has 37 heavy (non-hydrogen) atoms. The largest absolute Gasteiger partial charge is 0.454 e. The lowest BCUT2D eigenvalue weighted by Crippen LogP contribution is -3.13. The number of aromatic nitrogens is 1. The summed E-state index contributed by atoms with van der Waals surface area (Å²) in [5.41, 5.74) is 5.89. The Bertz CT molecular complexity index is 1460. The molecule has 4 aromatic rings. The van der Waals surface area contributed by atoms with Crippen molar-refractivity contribution in [3.05, 3.63) is 87.9 Å². The molecule has 0 saturated carbocycles. The first-order valence-electron chi connectivity index (χ1n) is 12.8. The maximum Gasteiger partial charge on any atom is 0.255 e. The number of piperazine rings is 1. The third kappa shape index (κ3) is 4.93. The van der Waals surface area contributed by atoms with E-state index in [0.29, 0.717) is 12.4 Å². The van der Waals surface area contributed by atoms with Crippen LogP contribution in [0, 0.1) is 0 Å². The fourth-order valence-electron chi connectivity index (χ4n) is 5.15. The Kier molecular flexibility index (Phi) is 6.57. The van der Waals surface area contributed by atoms with E-state index >= 15 is 0 Å². The van der Waals surface area contributed by atoms with E-state index < -0.39 is 0 Å². The molecule has 1 saturated heterocycles. The molecule has 1 fully saturated rings. The van der Waals surface area contributed by atoms with Gasteiger partial charge < -0.3 is 19.3 Å². The van der Waals surface area contributed by atoms with E-state index in [1.165, 1.54) is 16.0 Å². The van der Waals surface area contributed by atoms with Crippen molar-refractivity contribution in [2.24, 2.45) is 0 Å². The molecule has 188 valence electrons. The number of carbonyl (C=O) groups excluding carboxylic acids is 1. The number of quaternary nitrogens is 1. The lowest BCUT2D eigenvalue weighted by Gasteiger charge is -2.32. The molecule has 2 aliphatic rings. The number of aryl methyl sites for hydroxylation is 1. The minimum absolute atomic E-state index is 0.0686. The van der Waals surface area contributed by atoms with E-state index in [-0.39, 0.29) is 5.91 Å². The molecule has 3 heterocycles. The molecule has 0 bridgehead atoms. The summed E-state index contributed by atoms with van der Waals surface area (Å²) in [6, 6.07) is 22.5. The second kappa shape index (κ2) is 10.1. The van der Waals surface area contributed by atoms with Crippen LogP contribution < -0.4 is 14.4 Å². The van der Waals surface area contributed by atoms with E-state index in [9.17, 15) is 4.79 Å². The molecule has 0 unspecified atom stereocenters. The fourth-order valence-corrected chi connectivity index (χ4v) is 5.51. The highest BCUT2D eigenvalue weighted by Gasteiger charge is 2.27. The van der Waals surface area contributed by atoms with Crippen LogP contribution in [0.5, 0.6) is 11.5 Å². The van der Waals surface area contributed by atoms with Crippen LogP contribution in [0.3, 0.4) is 0 Å². The molecule has 0 radical (unpaired) electrons. The number of halogens is 1. The molecule has 1 amide bonds. The molecule has 3 aromatic carbocycles. The molecule has 2 aliphatic heterocycles. The molecular formula is C30H29BrN3O3+. The Balaban J connectivity index is 1.22. The maximum absolute atomic E-state index is 13.8. The summed E-state index contributed by atoms with van der Waals surface area (Å²) in [5, 5.41) is 0.878. The van der Waals surface area contributed by atoms with E-state index in [0.717, 1.165) is 77.3 Å². The summed E-state index contributed by atoms with van der Waals surface area (Å²) >= 11 is 3.58. The van der Waals surface area contributed by atoms with Gasteiger partial charge in [-0.15, -0.1) is 0 Å². The van der Waals surface area contributed by atoms with Crippen LogP contribution in [0.4, 0.5) is 0 Å². The van der Waals surface area contributed by atoms with Crippen molar-refractivity contribution in [3.8, 4) is 22.8 Å². The SMILES string of the molecule is CCc1ccc(-c2cc(C(=O)N3CC[NH+](Cc4ccc5c(c4)OCO5)CC3)c3cc(Br)ccc3n2)cc1. The van der Waals surface area contributed by atoms with E-state index in [2.05, 4.69) is 59.3 Å². The van der Waals surface area contributed by atoms with Crippen LogP contribution in [0.2, 0.25) is 0 Å². The van der Waals surface area contributed by atoms with Gasteiger partial charge in [0.05, 0.1) is 43.0 Å². The van der Waals surface area contributed by atoms with Crippen molar-refractivity contribution >= 4 is 32.7 Å². The van der Waals surface area contributed by atoms with Gasteiger partial charge in [0.25, 0.3) is 5.91 Å². The molecule has 7 heteroatoms. The quantitative estimate of drug-likeness (QED) is 0.392. The van der Waals surface area contributed by atoms with Crippen molar-refractivity contribution < 1.29 is 19.2 Å². The highest BCUT2D eigenvalue weighted by molar-refractivity contribution is 9.10. The summed E-state index contributed by atoms with van der Waals surface area (Å²) in [5.74, 6) is 1.70. The lowest BCUT2D eigenvalue weighted by molar-refractivity contribution is -0.917. The van der Waals surface area contributed by atoms with Gasteiger partial charge in [0.15, 0.2) is 11.5 Å². The van der Waals surface area contributed by atoms with E-state index in [1.54, 1.807) is 0 Å². The average molecular weight is 559 g/mol. The van der Waals surface area contributed by atoms with Crippen molar-refractivity contribution in [3.63, 3.8) is 0 Å². The number of carbonyl (C=O) groups is 1. The summed E-state index contributed by atoms with van der Waals surface area (Å²) in [6.07, 6.45) is 0.992. The number of pyridine rings is 1. The topological polar surface area (TPSA) is 56.1 Å². The number of benzene rings is 3. The predicted octanol–water partition coefficient (Wildman–Crippen LogP) is 4.50. The van der Waals surface area contributed by atoms with Crippen LogP contribution >= 0.6 is 15.9 Å². The first-order chi connectivity index (χ1) is 18.1. The van der Waals surface area contributed by atoms with Crippen molar-refractivity contribution in [2.45, 2.75) is 19.9 Å². The van der Waals surface area contributed by atoms with E-state index in [4.69, 9.17) is 14.5 Å². The Morgan fingerprint density at radius 1 is 0.946 bits per heavy atom. The summed E-state index contributed by atoms with van der Waals surface area (Å²) in [7, 11) is 0. The number of amides is 1. The second-order valence-corrected chi connectivity index (χ2v) is 10.6. The number of hydrogen-bond donors (Lipinski definition) is 1. The average Bonchev–Trinajstić information content (AvgIpc) is 3.41. The van der Waals surface area contributed by atoms with Gasteiger partial charge in [0, 0.05) is 21.0 Å². The number of hydrogen-bond acceptors (Lipinski definition) is 4. The highest BCUT2D eigenvalue weighted by Crippen LogP contribution is 2.32. The van der Waals surface area contributed by atoms with Gasteiger partial charge in [-0.2, -0.15) is 0 Å². The zero-order valence-electron chi connectivity index (χ0n) is 20.8. The van der Waals surface area contributed by atoms with E-state index in [1.807, 2.05) is 35.2 Å². The van der Waals surface area contributed by atoms with Crippen LogP contribution in [0.15, 0.2) is 71.2 Å². The van der Waals surface area contributed by atoms with Gasteiger partial charge in [-0.05, 0) is 54.4 Å². The Morgan fingerprint density at radius 2 is 1.70 bits per heavy atom. The maximum atomic E-state index is 13.8. The first kappa shape index (κ1) is 23.9. The van der Waals surface area contributed by atoms with Gasteiger partial charge >= 0.3 is 0 Å². The molecule has 0 aliphatic carbocycles. The van der Waals surface area contributed by atoms with Crippen molar-refractivity contribution in [2.75, 3.05) is 33.0 Å². The molecular weight excluding hydrogens is 530 g/mol. The standard InChI is InChI=1S/C30H28BrN3O3/c1-2-20-3-6-22(7-4-20)27-17-25(24-16-23(31)8-9-26(24)32-27)30(35)34-13-11-33(12-14-34)18-21-5-10-28-29(15-21)37-19-36-28/h3-10,15-17H,2,11-14,18-19H2,1H3/p+1. The number of ether oxygens (including phenoxy) is 2. The monoisotopic (exact) mass is 558 g/mol. The lowest BCUT2D eigenvalue weighted by atomic mass is 10.0. The first-order valence-corrected chi connectivity index (χ1v) is 13.6. The number of rotatable bonds is 5. The van der Waals surface area contributed by atoms with Gasteiger partial charge in [0.2, 0.25) is 6.79 Å². The summed E-state index contributed by atoms with van der Waals surface area (Å²) in [4.78, 5) is 22.2. The Labute approximate surface area is 224 Å². The fraction of sp³-hybridized carbons (Fsp3) is 0.267. The normalized spacial score (nSPS) is 15.4. The highest BCUT2D eigenvalue weighted by atomic mass is 79.9. The third-order valence-electron chi connectivity index (χ3n) is 7.31. The minimum Gasteiger partial charge on any atom is -0.454 e. The van der Waals surface area contributed by atoms with Gasteiger partial charge in [-0.3, -0.25) is 4.79 Å². The minimum atomic E-state index is 0.0686. The molecule has 6 nitrogen and oxygen atoms in total. The molecule has 1 aromatic heterocycles. The van der Waals surface area contributed by atoms with Crippen LogP contribution in [-0.2, 0) is 13.0 Å². The van der Waals surface area contributed by atoms with Gasteiger partial charge in [-0.1, -0.05) is 47.1 Å². The second-order valence-electron chi connectivity index (χ2n) is 9.67. The number of nitrogens with one attached hydrogen (secondary N) is 1. The van der Waals surface area contributed by atoms with Crippen LogP contribution in [0.1, 0.15) is 28.4 Å². The molecule has 0 spiro atoms. The van der Waals surface area contributed by atoms with Crippen LogP contribution in [0.25, 0.3) is 22.2 Å². The Morgan fingerprint density at radius 3 is 2.49 bits per heavy atom. The number of fused-ring (bicyclic) bond motifs is 2. The summed E-state index contributed by atoms with van der Waals surface area (Å²) < 4.78 is 11.9. The zero-order valence-corrected chi connectivity index (χ0v) is 22.4. The van der Waals surface area contributed by atoms with Gasteiger partial charge in [0.1, 0.15) is 6.54 Å². The van der Waals surface area contributed by atoms with Crippen molar-refractivity contribution in [1.29, 1.82) is 0 Å². The number of nitrogens with zero attached hydrogens (tertiary/aromatic N) is 2. The predicted molar refractivity (Wildman–Crippen MR) is 147 cm³/mol. The van der Waals surface area contributed by atoms with Gasteiger partial charge in [-0.25, -0.2) is 4.98 Å². The Hall–Kier alpha value is -3.42. The van der Waals surface area contributed by atoms with Crippen molar-refractivity contribution in [1.82, 2.24) is 9.88 Å². The van der Waals surface area contributed by atoms with Crippen LogP contribution in [-0.4, -0.2) is 48.8 Å². The smallest absolute Gasteiger partial charge is 0.255 e. The molecule has 6 rings (SSSR count). The zero-order chi connectivity index (χ0) is 25.4. The molecule has 1 N–H and O–H groups in total. The third-order valence-corrected chi connectivity index (χ3v) is 7.80. The summed E-state index contributed by atoms with van der Waals surface area (Å²) in [6.45, 7) is 6.58. The molecule has 0 atom stereocenters.